The first-order valence-corrected chi connectivity index (χ1v) is 7.82. The molecule has 23 heavy (non-hydrogen) atoms. The highest BCUT2D eigenvalue weighted by Gasteiger charge is 2.33. The minimum Gasteiger partial charge on any atom is -0.505 e. The average Bonchev–Trinajstić information content (AvgIpc) is 3.10. The predicted octanol–water partition coefficient (Wildman–Crippen LogP) is 4.97. The number of nitrogens with zero attached hydrogens (tertiary/aromatic N) is 1. The molecule has 3 aromatic carbocycles. The molecule has 0 amide bonds. The van der Waals surface area contributed by atoms with Gasteiger partial charge < -0.3 is 9.67 Å². The Hall–Kier alpha value is -3.00. The Labute approximate surface area is 134 Å². The minimum absolute atomic E-state index is 0.105. The summed E-state index contributed by atoms with van der Waals surface area (Å²) >= 11 is 0. The lowest BCUT2D eigenvalue weighted by Crippen LogP contribution is -2.07. The van der Waals surface area contributed by atoms with Crippen LogP contribution in [0.15, 0.2) is 78.9 Å². The maximum atomic E-state index is 10.8. The molecule has 110 valence electrons. The highest BCUT2D eigenvalue weighted by Crippen LogP contribution is 2.51. The summed E-state index contributed by atoms with van der Waals surface area (Å²) in [6, 6.07) is 27.0. The van der Waals surface area contributed by atoms with E-state index in [1.165, 1.54) is 11.1 Å². The van der Waals surface area contributed by atoms with Gasteiger partial charge in [0.25, 0.3) is 0 Å². The van der Waals surface area contributed by atoms with Crippen molar-refractivity contribution in [1.82, 2.24) is 4.57 Å². The van der Waals surface area contributed by atoms with E-state index in [4.69, 9.17) is 0 Å². The lowest BCUT2D eigenvalue weighted by atomic mass is 9.96. The van der Waals surface area contributed by atoms with Crippen LogP contribution in [-0.2, 0) is 0 Å². The lowest BCUT2D eigenvalue weighted by Gasteiger charge is -2.17. The van der Waals surface area contributed by atoms with Gasteiger partial charge in [-0.15, -0.1) is 0 Å². The fourth-order valence-electron chi connectivity index (χ4n) is 3.83. The fraction of sp³-hybridized carbons (Fsp3) is 0.0476. The van der Waals surface area contributed by atoms with Crippen LogP contribution >= 0.6 is 0 Å². The molecule has 1 unspecified atom stereocenters. The van der Waals surface area contributed by atoms with Gasteiger partial charge in [0.15, 0.2) is 0 Å². The molecule has 2 heterocycles. The van der Waals surface area contributed by atoms with Crippen molar-refractivity contribution in [2.45, 2.75) is 6.04 Å². The molecule has 4 aromatic rings. The van der Waals surface area contributed by atoms with Crippen molar-refractivity contribution in [3.8, 4) is 17.0 Å². The Balaban J connectivity index is 1.93. The van der Waals surface area contributed by atoms with Crippen molar-refractivity contribution in [1.29, 1.82) is 0 Å². The smallest absolute Gasteiger partial charge is 0.149 e. The fourth-order valence-corrected chi connectivity index (χ4v) is 3.83. The van der Waals surface area contributed by atoms with Gasteiger partial charge in [-0.2, -0.15) is 0 Å². The molecule has 1 aliphatic heterocycles. The third kappa shape index (κ3) is 1.58. The van der Waals surface area contributed by atoms with E-state index in [2.05, 4.69) is 53.1 Å². The van der Waals surface area contributed by atoms with Crippen molar-refractivity contribution in [2.24, 2.45) is 0 Å². The van der Waals surface area contributed by atoms with Gasteiger partial charge in [-0.1, -0.05) is 66.7 Å². The molecule has 0 spiro atoms. The normalized spacial score (nSPS) is 15.6. The van der Waals surface area contributed by atoms with E-state index in [0.29, 0.717) is 5.75 Å². The van der Waals surface area contributed by atoms with Crippen molar-refractivity contribution >= 4 is 10.9 Å². The van der Waals surface area contributed by atoms with E-state index in [9.17, 15) is 5.11 Å². The second kappa shape index (κ2) is 4.50. The number of hydrogen-bond acceptors (Lipinski definition) is 1. The molecule has 1 N–H and O–H groups in total. The van der Waals surface area contributed by atoms with Crippen LogP contribution < -0.4 is 0 Å². The van der Waals surface area contributed by atoms with Crippen molar-refractivity contribution in [3.05, 3.63) is 90.0 Å². The maximum absolute atomic E-state index is 10.8. The van der Waals surface area contributed by atoms with Crippen molar-refractivity contribution in [2.75, 3.05) is 0 Å². The van der Waals surface area contributed by atoms with Gasteiger partial charge in [0, 0.05) is 10.9 Å². The largest absolute Gasteiger partial charge is 0.505 e. The van der Waals surface area contributed by atoms with Gasteiger partial charge in [-0.25, -0.2) is 0 Å². The quantitative estimate of drug-likeness (QED) is 0.464. The van der Waals surface area contributed by atoms with Gasteiger partial charge in [0.1, 0.15) is 5.75 Å². The Kier molecular flexibility index (Phi) is 2.45. The number of benzene rings is 3. The van der Waals surface area contributed by atoms with E-state index >= 15 is 0 Å². The van der Waals surface area contributed by atoms with Gasteiger partial charge in [0.2, 0.25) is 0 Å². The molecular formula is C21H15NO. The molecule has 1 aromatic heterocycles. The topological polar surface area (TPSA) is 25.2 Å². The summed E-state index contributed by atoms with van der Waals surface area (Å²) in [5.74, 6) is 0.381. The summed E-state index contributed by atoms with van der Waals surface area (Å²) in [5.41, 5.74) is 5.60. The number of para-hydroxylation sites is 1. The second-order valence-corrected chi connectivity index (χ2v) is 5.98. The summed E-state index contributed by atoms with van der Waals surface area (Å²) in [6.45, 7) is 0. The van der Waals surface area contributed by atoms with Crippen LogP contribution in [0.5, 0.6) is 5.75 Å². The van der Waals surface area contributed by atoms with Crippen LogP contribution in [0.2, 0.25) is 0 Å². The van der Waals surface area contributed by atoms with Crippen LogP contribution in [-0.4, -0.2) is 9.67 Å². The first kappa shape index (κ1) is 12.5. The molecule has 2 nitrogen and oxygen atoms in total. The van der Waals surface area contributed by atoms with Gasteiger partial charge in [-0.3, -0.25) is 0 Å². The van der Waals surface area contributed by atoms with Crippen LogP contribution in [0, 0.1) is 0 Å². The molecule has 0 radical (unpaired) electrons. The van der Waals surface area contributed by atoms with Crippen LogP contribution in [0.3, 0.4) is 0 Å². The third-order valence-electron chi connectivity index (χ3n) is 4.77. The van der Waals surface area contributed by atoms with Crippen LogP contribution in [0.1, 0.15) is 17.2 Å². The molecule has 5 rings (SSSR count). The maximum Gasteiger partial charge on any atom is 0.149 e. The van der Waals surface area contributed by atoms with Crippen LogP contribution in [0.4, 0.5) is 0 Å². The Morgan fingerprint density at radius 3 is 2.30 bits per heavy atom. The standard InChI is InChI=1S/C21H15NO/c23-21-17-12-6-7-13-18(17)22-19(14-8-2-1-3-9-14)15-10-4-5-11-16(15)20(21)22/h1-13,19,23H. The summed E-state index contributed by atoms with van der Waals surface area (Å²) in [6.07, 6.45) is 0. The number of fused-ring (bicyclic) bond motifs is 5. The monoisotopic (exact) mass is 297 g/mol. The van der Waals surface area contributed by atoms with Gasteiger partial charge in [-0.05, 0) is 23.3 Å². The van der Waals surface area contributed by atoms with E-state index < -0.39 is 0 Å². The molecule has 1 atom stereocenters. The lowest BCUT2D eigenvalue weighted by molar-refractivity contribution is 0.482. The zero-order valence-electron chi connectivity index (χ0n) is 12.5. The van der Waals surface area contributed by atoms with E-state index in [0.717, 1.165) is 22.2 Å². The average molecular weight is 297 g/mol. The molecule has 0 aliphatic carbocycles. The van der Waals surface area contributed by atoms with E-state index in [1.807, 2.05) is 30.3 Å². The number of hydrogen-bond donors (Lipinski definition) is 1. The Morgan fingerprint density at radius 2 is 1.43 bits per heavy atom. The van der Waals surface area contributed by atoms with Crippen molar-refractivity contribution < 1.29 is 5.11 Å². The summed E-state index contributed by atoms with van der Waals surface area (Å²) in [5, 5.41) is 11.7. The molecular weight excluding hydrogens is 282 g/mol. The Morgan fingerprint density at radius 1 is 0.739 bits per heavy atom. The number of rotatable bonds is 1. The third-order valence-corrected chi connectivity index (χ3v) is 4.77. The zero-order chi connectivity index (χ0) is 15.4. The zero-order valence-corrected chi connectivity index (χ0v) is 12.5. The van der Waals surface area contributed by atoms with Crippen molar-refractivity contribution in [3.63, 3.8) is 0 Å². The predicted molar refractivity (Wildman–Crippen MR) is 92.7 cm³/mol. The second-order valence-electron chi connectivity index (χ2n) is 5.98. The highest BCUT2D eigenvalue weighted by molar-refractivity contribution is 5.97. The molecule has 2 heteroatoms. The van der Waals surface area contributed by atoms with E-state index in [1.54, 1.807) is 0 Å². The molecule has 1 aliphatic rings. The molecule has 0 saturated carbocycles. The van der Waals surface area contributed by atoms with Gasteiger partial charge in [0.05, 0.1) is 17.3 Å². The molecule has 0 bridgehead atoms. The van der Waals surface area contributed by atoms with Crippen LogP contribution in [0.25, 0.3) is 22.2 Å². The first-order valence-electron chi connectivity index (χ1n) is 7.82. The summed E-state index contributed by atoms with van der Waals surface area (Å²) in [4.78, 5) is 0. The summed E-state index contributed by atoms with van der Waals surface area (Å²) in [7, 11) is 0. The van der Waals surface area contributed by atoms with Gasteiger partial charge >= 0.3 is 0 Å². The number of aromatic hydroxyl groups is 1. The number of aromatic nitrogens is 1. The first-order chi connectivity index (χ1) is 11.4. The molecule has 0 saturated heterocycles. The summed E-state index contributed by atoms with van der Waals surface area (Å²) < 4.78 is 2.27. The highest BCUT2D eigenvalue weighted by atomic mass is 16.3. The minimum atomic E-state index is 0.105. The SMILES string of the molecule is Oc1c2n(c3ccccc13)C(c1ccccc1)c1ccccc1-2. The Bertz CT molecular complexity index is 1030. The van der Waals surface area contributed by atoms with E-state index in [-0.39, 0.29) is 6.04 Å². The molecule has 0 fully saturated rings.